The molecule has 0 aliphatic rings. The molecule has 164 valence electrons. The van der Waals surface area contributed by atoms with E-state index in [0.29, 0.717) is 24.5 Å². The highest BCUT2D eigenvalue weighted by atomic mass is 32.2. The van der Waals surface area contributed by atoms with E-state index in [1.807, 2.05) is 38.1 Å². The van der Waals surface area contributed by atoms with Crippen molar-refractivity contribution in [3.05, 3.63) is 54.1 Å². The summed E-state index contributed by atoms with van der Waals surface area (Å²) in [6.45, 7) is 6.03. The fraction of sp³-hybridized carbons (Fsp3) is 0.409. The van der Waals surface area contributed by atoms with Gasteiger partial charge in [-0.1, -0.05) is 19.1 Å². The lowest BCUT2D eigenvalue weighted by Crippen LogP contribution is -2.49. The Morgan fingerprint density at radius 1 is 1.03 bits per heavy atom. The number of ether oxygens (including phenoxy) is 2. The zero-order valence-electron chi connectivity index (χ0n) is 18.1. The predicted molar refractivity (Wildman–Crippen MR) is 119 cm³/mol. The topological polar surface area (TPSA) is 84.9 Å². The van der Waals surface area contributed by atoms with Crippen LogP contribution in [0.3, 0.4) is 0 Å². The summed E-state index contributed by atoms with van der Waals surface area (Å²) in [5.41, 5.74) is 1.31. The molecule has 0 aromatic heterocycles. The summed E-state index contributed by atoms with van der Waals surface area (Å²) in [5.74, 6) is 1.00. The maximum atomic E-state index is 13.0. The van der Waals surface area contributed by atoms with Gasteiger partial charge in [0.25, 0.3) is 0 Å². The summed E-state index contributed by atoms with van der Waals surface area (Å²) in [6, 6.07) is 12.9. The first kappa shape index (κ1) is 23.5. The molecular formula is C22H30N2O5S. The van der Waals surface area contributed by atoms with Crippen molar-refractivity contribution in [2.75, 3.05) is 24.3 Å². The van der Waals surface area contributed by atoms with Gasteiger partial charge in [0.15, 0.2) is 0 Å². The summed E-state index contributed by atoms with van der Waals surface area (Å²) < 4.78 is 36.9. The smallest absolute Gasteiger partial charge is 0.244 e. The molecule has 30 heavy (non-hydrogen) atoms. The number of hydrogen-bond acceptors (Lipinski definition) is 5. The van der Waals surface area contributed by atoms with Crippen LogP contribution < -0.4 is 19.1 Å². The van der Waals surface area contributed by atoms with Crippen LogP contribution in [0.15, 0.2) is 48.5 Å². The lowest BCUT2D eigenvalue weighted by Gasteiger charge is -2.31. The van der Waals surface area contributed by atoms with E-state index in [4.69, 9.17) is 9.47 Å². The summed E-state index contributed by atoms with van der Waals surface area (Å²) in [5, 5.41) is 2.93. The number of sulfonamides is 1. The first-order chi connectivity index (χ1) is 14.2. The average Bonchev–Trinajstić information content (AvgIpc) is 2.72. The highest BCUT2D eigenvalue weighted by Gasteiger charge is 2.32. The van der Waals surface area contributed by atoms with Crippen LogP contribution in [0.25, 0.3) is 0 Å². The Morgan fingerprint density at radius 3 is 2.07 bits per heavy atom. The molecule has 1 amide bonds. The number of hydrogen-bond donors (Lipinski definition) is 1. The number of anilines is 1. The van der Waals surface area contributed by atoms with E-state index in [9.17, 15) is 13.2 Å². The monoisotopic (exact) mass is 434 g/mol. The summed E-state index contributed by atoms with van der Waals surface area (Å²) in [4.78, 5) is 13.0. The van der Waals surface area contributed by atoms with E-state index in [2.05, 4.69) is 5.32 Å². The molecule has 2 aromatic carbocycles. The number of amides is 1. The van der Waals surface area contributed by atoms with Crippen molar-refractivity contribution < 1.29 is 22.7 Å². The van der Waals surface area contributed by atoms with Crippen molar-refractivity contribution in [1.82, 2.24) is 5.32 Å². The number of nitrogens with zero attached hydrogens (tertiary/aromatic N) is 1. The van der Waals surface area contributed by atoms with E-state index in [0.717, 1.165) is 17.6 Å². The fourth-order valence-electron chi connectivity index (χ4n) is 3.20. The van der Waals surface area contributed by atoms with Gasteiger partial charge in [-0.05, 0) is 62.2 Å². The number of benzene rings is 2. The standard InChI is InChI=1S/C22H30N2O5S/c1-6-21(22(25)23-16(3)17-8-12-19(28-4)13-9-17)24(30(5,26)27)18-10-14-20(15-11-18)29-7-2/h8-16,21H,6-7H2,1-5H3,(H,23,25)/t16-,21+/m0/s1. The Labute approximate surface area is 179 Å². The molecule has 2 atom stereocenters. The fourth-order valence-corrected chi connectivity index (χ4v) is 4.41. The third-order valence-electron chi connectivity index (χ3n) is 4.71. The molecule has 0 aliphatic heterocycles. The molecule has 0 saturated carbocycles. The maximum absolute atomic E-state index is 13.0. The summed E-state index contributed by atoms with van der Waals surface area (Å²) in [7, 11) is -2.10. The van der Waals surface area contributed by atoms with E-state index in [1.54, 1.807) is 38.3 Å². The predicted octanol–water partition coefficient (Wildman–Crippen LogP) is 3.52. The van der Waals surface area contributed by atoms with Gasteiger partial charge in [0, 0.05) is 0 Å². The third kappa shape index (κ3) is 5.89. The zero-order valence-corrected chi connectivity index (χ0v) is 18.9. The van der Waals surface area contributed by atoms with Crippen molar-refractivity contribution >= 4 is 21.6 Å². The molecule has 0 saturated heterocycles. The normalized spacial score (nSPS) is 13.2. The summed E-state index contributed by atoms with van der Waals surface area (Å²) >= 11 is 0. The van der Waals surface area contributed by atoms with Gasteiger partial charge >= 0.3 is 0 Å². The molecule has 0 bridgehead atoms. The van der Waals surface area contributed by atoms with Crippen molar-refractivity contribution in [2.45, 2.75) is 39.3 Å². The molecule has 0 fully saturated rings. The van der Waals surface area contributed by atoms with E-state index in [1.165, 1.54) is 4.31 Å². The van der Waals surface area contributed by atoms with Crippen LogP contribution in [0.5, 0.6) is 11.5 Å². The van der Waals surface area contributed by atoms with Gasteiger partial charge in [-0.3, -0.25) is 9.10 Å². The Morgan fingerprint density at radius 2 is 1.60 bits per heavy atom. The molecule has 2 rings (SSSR count). The second-order valence-electron chi connectivity index (χ2n) is 6.91. The van der Waals surface area contributed by atoms with Crippen LogP contribution in [0.4, 0.5) is 5.69 Å². The zero-order chi connectivity index (χ0) is 22.3. The maximum Gasteiger partial charge on any atom is 0.244 e. The minimum absolute atomic E-state index is 0.292. The quantitative estimate of drug-likeness (QED) is 0.618. The molecular weight excluding hydrogens is 404 g/mol. The number of carbonyl (C=O) groups is 1. The van der Waals surface area contributed by atoms with Crippen LogP contribution >= 0.6 is 0 Å². The molecule has 1 N–H and O–H groups in total. The van der Waals surface area contributed by atoms with Gasteiger partial charge in [-0.15, -0.1) is 0 Å². The first-order valence-electron chi connectivity index (χ1n) is 9.87. The molecule has 8 heteroatoms. The lowest BCUT2D eigenvalue weighted by atomic mass is 10.1. The van der Waals surface area contributed by atoms with Crippen molar-refractivity contribution in [3.63, 3.8) is 0 Å². The van der Waals surface area contributed by atoms with Gasteiger partial charge in [-0.2, -0.15) is 0 Å². The second-order valence-corrected chi connectivity index (χ2v) is 8.77. The molecule has 0 aliphatic carbocycles. The van der Waals surface area contributed by atoms with Crippen LogP contribution in [-0.4, -0.2) is 40.3 Å². The number of carbonyl (C=O) groups excluding carboxylic acids is 1. The Bertz CT molecular complexity index is 927. The van der Waals surface area contributed by atoms with E-state index < -0.39 is 16.1 Å². The minimum Gasteiger partial charge on any atom is -0.497 e. The average molecular weight is 435 g/mol. The lowest BCUT2D eigenvalue weighted by molar-refractivity contribution is -0.122. The second kappa shape index (κ2) is 10.3. The van der Waals surface area contributed by atoms with Gasteiger partial charge in [0.1, 0.15) is 17.5 Å². The van der Waals surface area contributed by atoms with E-state index >= 15 is 0 Å². The minimum atomic E-state index is -3.69. The highest BCUT2D eigenvalue weighted by molar-refractivity contribution is 7.92. The third-order valence-corrected chi connectivity index (χ3v) is 5.89. The number of nitrogens with one attached hydrogen (secondary N) is 1. The van der Waals surface area contributed by atoms with Crippen LogP contribution in [0.2, 0.25) is 0 Å². The summed E-state index contributed by atoms with van der Waals surface area (Å²) in [6.07, 6.45) is 1.42. The Kier molecular flexibility index (Phi) is 8.11. The van der Waals surface area contributed by atoms with Gasteiger partial charge in [0.05, 0.1) is 31.7 Å². The van der Waals surface area contributed by atoms with Crippen molar-refractivity contribution in [2.24, 2.45) is 0 Å². The molecule has 0 heterocycles. The van der Waals surface area contributed by atoms with E-state index in [-0.39, 0.29) is 11.9 Å². The van der Waals surface area contributed by atoms with Crippen molar-refractivity contribution in [1.29, 1.82) is 0 Å². The van der Waals surface area contributed by atoms with Crippen LogP contribution in [-0.2, 0) is 14.8 Å². The molecule has 0 unspecified atom stereocenters. The SMILES string of the molecule is CCOc1ccc(N([C@H](CC)C(=O)N[C@@H](C)c2ccc(OC)cc2)S(C)(=O)=O)cc1. The first-order valence-corrected chi connectivity index (χ1v) is 11.7. The Hall–Kier alpha value is -2.74. The number of methoxy groups -OCH3 is 1. The Balaban J connectivity index is 2.26. The molecule has 7 nitrogen and oxygen atoms in total. The molecule has 2 aromatic rings. The van der Waals surface area contributed by atoms with Crippen molar-refractivity contribution in [3.8, 4) is 11.5 Å². The van der Waals surface area contributed by atoms with Gasteiger partial charge < -0.3 is 14.8 Å². The highest BCUT2D eigenvalue weighted by Crippen LogP contribution is 2.26. The van der Waals surface area contributed by atoms with Gasteiger partial charge in [0.2, 0.25) is 15.9 Å². The largest absolute Gasteiger partial charge is 0.497 e. The van der Waals surface area contributed by atoms with Crippen LogP contribution in [0.1, 0.15) is 38.8 Å². The van der Waals surface area contributed by atoms with Gasteiger partial charge in [-0.25, -0.2) is 8.42 Å². The molecule has 0 radical (unpaired) electrons. The molecule has 0 spiro atoms. The number of rotatable bonds is 10. The van der Waals surface area contributed by atoms with Crippen LogP contribution in [0, 0.1) is 0 Å².